The van der Waals surface area contributed by atoms with Crippen molar-refractivity contribution in [3.05, 3.63) is 29.3 Å². The van der Waals surface area contributed by atoms with E-state index < -0.39 is 0 Å². The minimum Gasteiger partial charge on any atom is -0.496 e. The number of hydrogen-bond acceptors (Lipinski definition) is 3. The monoisotopic (exact) mass is 349 g/mol. The van der Waals surface area contributed by atoms with Gasteiger partial charge in [-0.2, -0.15) is 0 Å². The van der Waals surface area contributed by atoms with E-state index in [1.54, 1.807) is 7.11 Å². The highest BCUT2D eigenvalue weighted by Crippen LogP contribution is 2.29. The first kappa shape index (κ1) is 21.3. The number of nitrogens with zero attached hydrogens (tertiary/aromatic N) is 1. The van der Waals surface area contributed by atoms with Crippen molar-refractivity contribution in [2.24, 2.45) is 10.4 Å². The van der Waals surface area contributed by atoms with Gasteiger partial charge in [-0.05, 0) is 55.7 Å². The van der Waals surface area contributed by atoms with E-state index in [2.05, 4.69) is 43.5 Å². The molecule has 0 aromatic heterocycles. The Bertz CT molecular complexity index is 540. The molecule has 142 valence electrons. The Morgan fingerprint density at radius 1 is 1.20 bits per heavy atom. The van der Waals surface area contributed by atoms with Crippen LogP contribution in [0.1, 0.15) is 51.2 Å². The smallest absolute Gasteiger partial charge is 0.191 e. The second-order valence-electron chi connectivity index (χ2n) is 6.53. The number of benzene rings is 1. The number of aliphatic imine (C=N–C) groups is 1. The third-order valence-corrected chi connectivity index (χ3v) is 5.01. The number of methoxy groups -OCH3 is 1. The SMILES string of the molecule is CCNC(=NCc1ccc(C)c(OC)c1)NCC(CC)(CC)CCO. The molecule has 0 radical (unpaired) electrons. The first-order valence-electron chi connectivity index (χ1n) is 9.30. The number of aliphatic hydroxyl groups is 1. The molecule has 1 aromatic rings. The fourth-order valence-electron chi connectivity index (χ4n) is 2.93. The van der Waals surface area contributed by atoms with E-state index >= 15 is 0 Å². The van der Waals surface area contributed by atoms with Gasteiger partial charge >= 0.3 is 0 Å². The Labute approximate surface area is 152 Å². The quantitative estimate of drug-likeness (QED) is 0.448. The topological polar surface area (TPSA) is 65.9 Å². The van der Waals surface area contributed by atoms with E-state index in [4.69, 9.17) is 9.73 Å². The molecule has 0 aliphatic rings. The number of nitrogens with one attached hydrogen (secondary N) is 2. The van der Waals surface area contributed by atoms with Crippen molar-refractivity contribution in [1.29, 1.82) is 0 Å². The van der Waals surface area contributed by atoms with Gasteiger partial charge in [0.05, 0.1) is 13.7 Å². The van der Waals surface area contributed by atoms with Gasteiger partial charge in [0.25, 0.3) is 0 Å². The molecular formula is C20H35N3O2. The van der Waals surface area contributed by atoms with Crippen molar-refractivity contribution in [3.8, 4) is 5.75 Å². The minimum atomic E-state index is 0.109. The summed E-state index contributed by atoms with van der Waals surface area (Å²) in [6.45, 7) is 10.9. The molecule has 0 saturated carbocycles. The maximum Gasteiger partial charge on any atom is 0.191 e. The van der Waals surface area contributed by atoms with Gasteiger partial charge in [0.1, 0.15) is 5.75 Å². The predicted molar refractivity (Wildman–Crippen MR) is 105 cm³/mol. The first-order valence-corrected chi connectivity index (χ1v) is 9.30. The van der Waals surface area contributed by atoms with E-state index in [0.717, 1.165) is 55.2 Å². The minimum absolute atomic E-state index is 0.109. The third-order valence-electron chi connectivity index (χ3n) is 5.01. The average molecular weight is 350 g/mol. The van der Waals surface area contributed by atoms with Crippen LogP contribution < -0.4 is 15.4 Å². The van der Waals surface area contributed by atoms with Crippen LogP contribution in [0.2, 0.25) is 0 Å². The van der Waals surface area contributed by atoms with Crippen LogP contribution in [0.4, 0.5) is 0 Å². The number of rotatable bonds is 10. The van der Waals surface area contributed by atoms with E-state index in [1.165, 1.54) is 0 Å². The molecule has 3 N–H and O–H groups in total. The Hall–Kier alpha value is -1.75. The fraction of sp³-hybridized carbons (Fsp3) is 0.650. The van der Waals surface area contributed by atoms with Gasteiger partial charge < -0.3 is 20.5 Å². The highest BCUT2D eigenvalue weighted by molar-refractivity contribution is 5.79. The normalized spacial score (nSPS) is 12.2. The molecular weight excluding hydrogens is 314 g/mol. The molecule has 5 nitrogen and oxygen atoms in total. The van der Waals surface area contributed by atoms with Crippen LogP contribution in [0, 0.1) is 12.3 Å². The lowest BCUT2D eigenvalue weighted by atomic mass is 9.79. The maximum absolute atomic E-state index is 9.37. The van der Waals surface area contributed by atoms with Crippen LogP contribution in [-0.4, -0.2) is 37.9 Å². The average Bonchev–Trinajstić information content (AvgIpc) is 2.64. The zero-order chi connectivity index (χ0) is 18.7. The second kappa shape index (κ2) is 11.0. The zero-order valence-electron chi connectivity index (χ0n) is 16.5. The molecule has 5 heteroatoms. The zero-order valence-corrected chi connectivity index (χ0v) is 16.5. The Balaban J connectivity index is 2.79. The van der Waals surface area contributed by atoms with Crippen LogP contribution in [-0.2, 0) is 6.54 Å². The van der Waals surface area contributed by atoms with Crippen molar-refractivity contribution in [2.45, 2.75) is 53.5 Å². The molecule has 0 aliphatic heterocycles. The Kier molecular flexibility index (Phi) is 9.35. The molecule has 0 unspecified atom stereocenters. The standard InChI is InChI=1S/C20H35N3O2/c1-6-20(7-2,11-12-24)15-23-19(21-8-3)22-14-17-10-9-16(4)18(13-17)25-5/h9-10,13,24H,6-8,11-12,14-15H2,1-5H3,(H2,21,22,23). The van der Waals surface area contributed by atoms with Crippen molar-refractivity contribution >= 4 is 5.96 Å². The number of guanidine groups is 1. The van der Waals surface area contributed by atoms with E-state index in [-0.39, 0.29) is 12.0 Å². The van der Waals surface area contributed by atoms with Gasteiger partial charge in [0.2, 0.25) is 0 Å². The van der Waals surface area contributed by atoms with E-state index in [0.29, 0.717) is 6.54 Å². The third kappa shape index (κ3) is 6.58. The molecule has 0 saturated heterocycles. The molecule has 0 bridgehead atoms. The van der Waals surface area contributed by atoms with Gasteiger partial charge in [-0.3, -0.25) is 0 Å². The highest BCUT2D eigenvalue weighted by atomic mass is 16.5. The van der Waals surface area contributed by atoms with Crippen molar-refractivity contribution in [2.75, 3.05) is 26.8 Å². The van der Waals surface area contributed by atoms with Crippen molar-refractivity contribution in [1.82, 2.24) is 10.6 Å². The summed E-state index contributed by atoms with van der Waals surface area (Å²) in [5.74, 6) is 1.70. The molecule has 0 fully saturated rings. The summed E-state index contributed by atoms with van der Waals surface area (Å²) < 4.78 is 5.38. The lowest BCUT2D eigenvalue weighted by Crippen LogP contribution is -2.43. The van der Waals surface area contributed by atoms with Gasteiger partial charge in [-0.1, -0.05) is 26.0 Å². The van der Waals surface area contributed by atoms with Crippen LogP contribution in [0.15, 0.2) is 23.2 Å². The lowest BCUT2D eigenvalue weighted by Gasteiger charge is -2.32. The van der Waals surface area contributed by atoms with Crippen LogP contribution in [0.25, 0.3) is 0 Å². The Morgan fingerprint density at radius 2 is 1.92 bits per heavy atom. The first-order chi connectivity index (χ1) is 12.0. The Morgan fingerprint density at radius 3 is 2.48 bits per heavy atom. The summed E-state index contributed by atoms with van der Waals surface area (Å²) in [4.78, 5) is 4.70. The molecule has 1 rings (SSSR count). The number of hydrogen-bond donors (Lipinski definition) is 3. The summed E-state index contributed by atoms with van der Waals surface area (Å²) in [6, 6.07) is 6.18. The van der Waals surface area contributed by atoms with Gasteiger partial charge in [-0.15, -0.1) is 0 Å². The summed E-state index contributed by atoms with van der Waals surface area (Å²) in [7, 11) is 1.69. The number of aryl methyl sites for hydroxylation is 1. The van der Waals surface area contributed by atoms with Gasteiger partial charge in [0, 0.05) is 19.7 Å². The van der Waals surface area contributed by atoms with Crippen LogP contribution >= 0.6 is 0 Å². The largest absolute Gasteiger partial charge is 0.496 e. The molecule has 0 amide bonds. The maximum atomic E-state index is 9.37. The van der Waals surface area contributed by atoms with Gasteiger partial charge in [-0.25, -0.2) is 4.99 Å². The van der Waals surface area contributed by atoms with E-state index in [9.17, 15) is 5.11 Å². The number of ether oxygens (including phenoxy) is 1. The van der Waals surface area contributed by atoms with Crippen molar-refractivity contribution < 1.29 is 9.84 Å². The van der Waals surface area contributed by atoms with Crippen molar-refractivity contribution in [3.63, 3.8) is 0 Å². The highest BCUT2D eigenvalue weighted by Gasteiger charge is 2.25. The summed E-state index contributed by atoms with van der Waals surface area (Å²) >= 11 is 0. The molecule has 25 heavy (non-hydrogen) atoms. The molecule has 1 aromatic carbocycles. The van der Waals surface area contributed by atoms with E-state index in [1.807, 2.05) is 13.0 Å². The number of aliphatic hydroxyl groups excluding tert-OH is 1. The van der Waals surface area contributed by atoms with Crippen LogP contribution in [0.5, 0.6) is 5.75 Å². The summed E-state index contributed by atoms with van der Waals surface area (Å²) in [5.41, 5.74) is 2.35. The molecule has 0 heterocycles. The summed E-state index contributed by atoms with van der Waals surface area (Å²) in [5, 5.41) is 16.1. The summed E-state index contributed by atoms with van der Waals surface area (Å²) in [6.07, 6.45) is 2.87. The predicted octanol–water partition coefficient (Wildman–Crippen LogP) is 3.25. The molecule has 0 aliphatic carbocycles. The van der Waals surface area contributed by atoms with Gasteiger partial charge in [0.15, 0.2) is 5.96 Å². The molecule has 0 spiro atoms. The van der Waals surface area contributed by atoms with Crippen LogP contribution in [0.3, 0.4) is 0 Å². The second-order valence-corrected chi connectivity index (χ2v) is 6.53. The fourth-order valence-corrected chi connectivity index (χ4v) is 2.93. The molecule has 0 atom stereocenters. The lowest BCUT2D eigenvalue weighted by molar-refractivity contribution is 0.169.